The first-order chi connectivity index (χ1) is 9.50. The molecule has 0 amide bonds. The minimum absolute atomic E-state index is 0.0609. The third-order valence-electron chi connectivity index (χ3n) is 2.88. The SMILES string of the molecule is CN1Nc2cc(F)ccc2N1S(=O)(=O)c1cccnc1. The van der Waals surface area contributed by atoms with E-state index in [2.05, 4.69) is 10.4 Å². The van der Waals surface area contributed by atoms with Gasteiger partial charge in [0.2, 0.25) is 0 Å². The second-order valence-electron chi connectivity index (χ2n) is 4.23. The Balaban J connectivity index is 2.12. The van der Waals surface area contributed by atoms with Crippen LogP contribution in [0.3, 0.4) is 0 Å². The predicted octanol–water partition coefficient (Wildman–Crippen LogP) is 1.60. The molecule has 0 saturated heterocycles. The second-order valence-corrected chi connectivity index (χ2v) is 6.00. The number of sulfonamides is 1. The van der Waals surface area contributed by atoms with E-state index in [9.17, 15) is 12.8 Å². The highest BCUT2D eigenvalue weighted by Crippen LogP contribution is 2.37. The highest BCUT2D eigenvalue weighted by Gasteiger charge is 2.35. The summed E-state index contributed by atoms with van der Waals surface area (Å²) >= 11 is 0. The average molecular weight is 294 g/mol. The summed E-state index contributed by atoms with van der Waals surface area (Å²) in [4.78, 5) is 3.87. The van der Waals surface area contributed by atoms with Crippen molar-refractivity contribution in [1.82, 2.24) is 10.1 Å². The summed E-state index contributed by atoms with van der Waals surface area (Å²) in [6, 6.07) is 6.87. The zero-order valence-corrected chi connectivity index (χ0v) is 11.3. The molecule has 3 rings (SSSR count). The maximum Gasteiger partial charge on any atom is 0.280 e. The minimum Gasteiger partial charge on any atom is -0.298 e. The van der Waals surface area contributed by atoms with Crippen molar-refractivity contribution in [2.24, 2.45) is 0 Å². The van der Waals surface area contributed by atoms with E-state index in [4.69, 9.17) is 0 Å². The van der Waals surface area contributed by atoms with Crippen LogP contribution in [0.25, 0.3) is 0 Å². The Bertz CT molecular complexity index is 751. The van der Waals surface area contributed by atoms with Crippen LogP contribution in [-0.4, -0.2) is 25.6 Å². The number of anilines is 2. The van der Waals surface area contributed by atoms with Gasteiger partial charge in [-0.05, 0) is 24.3 Å². The predicted molar refractivity (Wildman–Crippen MR) is 71.7 cm³/mol. The van der Waals surface area contributed by atoms with Gasteiger partial charge >= 0.3 is 0 Å². The van der Waals surface area contributed by atoms with Crippen molar-refractivity contribution < 1.29 is 12.8 Å². The summed E-state index contributed by atoms with van der Waals surface area (Å²) in [6.45, 7) is 0. The molecule has 1 aromatic carbocycles. The summed E-state index contributed by atoms with van der Waals surface area (Å²) in [7, 11) is -2.27. The molecule has 1 aliphatic rings. The monoisotopic (exact) mass is 294 g/mol. The van der Waals surface area contributed by atoms with Crippen molar-refractivity contribution in [3.63, 3.8) is 0 Å². The molecule has 1 aliphatic heterocycles. The standard InChI is InChI=1S/C12H11FN4O2S/c1-16-15-11-7-9(13)4-5-12(11)17(16)20(18,19)10-3-2-6-14-8-10/h2-8,15H,1H3. The molecule has 2 aromatic rings. The van der Waals surface area contributed by atoms with Gasteiger partial charge in [0, 0.05) is 25.5 Å². The largest absolute Gasteiger partial charge is 0.298 e. The van der Waals surface area contributed by atoms with Crippen LogP contribution in [0.2, 0.25) is 0 Å². The quantitative estimate of drug-likeness (QED) is 0.911. The fourth-order valence-corrected chi connectivity index (χ4v) is 3.46. The maximum atomic E-state index is 13.2. The van der Waals surface area contributed by atoms with Gasteiger partial charge in [0.25, 0.3) is 10.0 Å². The van der Waals surface area contributed by atoms with Crippen molar-refractivity contribution in [3.05, 3.63) is 48.5 Å². The van der Waals surface area contributed by atoms with Crippen molar-refractivity contribution in [3.8, 4) is 0 Å². The zero-order valence-electron chi connectivity index (χ0n) is 10.5. The molecule has 104 valence electrons. The molecule has 0 fully saturated rings. The molecule has 0 bridgehead atoms. The zero-order chi connectivity index (χ0) is 14.3. The number of nitrogens with one attached hydrogen (secondary N) is 1. The van der Waals surface area contributed by atoms with Crippen LogP contribution in [0.4, 0.5) is 15.8 Å². The number of hydrogen-bond donors (Lipinski definition) is 1. The number of aromatic nitrogens is 1. The second kappa shape index (κ2) is 4.43. The van der Waals surface area contributed by atoms with Crippen molar-refractivity contribution >= 4 is 21.4 Å². The van der Waals surface area contributed by atoms with Crippen LogP contribution in [0.15, 0.2) is 47.6 Å². The normalized spacial score (nSPS) is 15.0. The first-order valence-electron chi connectivity index (χ1n) is 5.75. The summed E-state index contributed by atoms with van der Waals surface area (Å²) in [5, 5.41) is 1.28. The van der Waals surface area contributed by atoms with Gasteiger partial charge < -0.3 is 0 Å². The molecule has 8 heteroatoms. The van der Waals surface area contributed by atoms with E-state index in [-0.39, 0.29) is 4.90 Å². The number of hydrogen-bond acceptors (Lipinski definition) is 5. The topological polar surface area (TPSA) is 65.5 Å². The number of hydrazine groups is 2. The molecule has 0 unspecified atom stereocenters. The molecule has 0 atom stereocenters. The maximum absolute atomic E-state index is 13.2. The summed E-state index contributed by atoms with van der Waals surface area (Å²) < 4.78 is 39.5. The lowest BCUT2D eigenvalue weighted by atomic mass is 10.3. The van der Waals surface area contributed by atoms with E-state index in [0.717, 1.165) is 4.41 Å². The Labute approximate surface area is 115 Å². The molecule has 0 spiro atoms. The molecule has 0 radical (unpaired) electrons. The lowest BCUT2D eigenvalue weighted by molar-refractivity contribution is 0.437. The third kappa shape index (κ3) is 1.89. The molecule has 1 aromatic heterocycles. The van der Waals surface area contributed by atoms with Gasteiger partial charge in [-0.1, -0.05) is 0 Å². The molecule has 6 nitrogen and oxygen atoms in total. The van der Waals surface area contributed by atoms with Crippen LogP contribution in [-0.2, 0) is 10.0 Å². The molecular formula is C12H11FN4O2S. The first-order valence-corrected chi connectivity index (χ1v) is 7.19. The number of pyridine rings is 1. The number of nitrogens with zero attached hydrogens (tertiary/aromatic N) is 3. The molecular weight excluding hydrogens is 283 g/mol. The Morgan fingerprint density at radius 1 is 1.30 bits per heavy atom. The highest BCUT2D eigenvalue weighted by atomic mass is 32.2. The van der Waals surface area contributed by atoms with Gasteiger partial charge in [-0.15, -0.1) is 5.12 Å². The van der Waals surface area contributed by atoms with E-state index in [1.165, 1.54) is 48.8 Å². The Morgan fingerprint density at radius 2 is 2.10 bits per heavy atom. The average Bonchev–Trinajstić information content (AvgIpc) is 2.75. The summed E-state index contributed by atoms with van der Waals surface area (Å²) in [6.07, 6.45) is 2.76. The van der Waals surface area contributed by atoms with Gasteiger partial charge in [-0.2, -0.15) is 12.8 Å². The van der Waals surface area contributed by atoms with Crippen LogP contribution in [0.1, 0.15) is 0 Å². The molecule has 0 aliphatic carbocycles. The summed E-state index contributed by atoms with van der Waals surface area (Å²) in [5.74, 6) is -0.440. The van der Waals surface area contributed by atoms with Crippen LogP contribution >= 0.6 is 0 Å². The Morgan fingerprint density at radius 3 is 2.80 bits per heavy atom. The van der Waals surface area contributed by atoms with E-state index in [1.54, 1.807) is 6.07 Å². The van der Waals surface area contributed by atoms with Gasteiger partial charge in [-0.25, -0.2) is 4.39 Å². The van der Waals surface area contributed by atoms with Crippen molar-refractivity contribution in [2.45, 2.75) is 4.90 Å². The van der Waals surface area contributed by atoms with E-state index < -0.39 is 15.8 Å². The Hall–Kier alpha value is -2.19. The summed E-state index contributed by atoms with van der Waals surface area (Å²) in [5.41, 5.74) is 3.53. The number of halogens is 1. The third-order valence-corrected chi connectivity index (χ3v) is 4.61. The van der Waals surface area contributed by atoms with E-state index in [0.29, 0.717) is 11.4 Å². The van der Waals surface area contributed by atoms with E-state index in [1.807, 2.05) is 0 Å². The number of rotatable bonds is 2. The first kappa shape index (κ1) is 12.8. The lowest BCUT2D eigenvalue weighted by Gasteiger charge is -2.24. The van der Waals surface area contributed by atoms with Gasteiger partial charge in [0.1, 0.15) is 10.7 Å². The minimum atomic E-state index is -3.80. The van der Waals surface area contributed by atoms with Crippen LogP contribution in [0.5, 0.6) is 0 Å². The smallest absolute Gasteiger partial charge is 0.280 e. The number of benzene rings is 1. The molecule has 2 heterocycles. The van der Waals surface area contributed by atoms with Gasteiger partial charge in [-0.3, -0.25) is 10.4 Å². The fraction of sp³-hybridized carbons (Fsp3) is 0.0833. The van der Waals surface area contributed by atoms with Gasteiger partial charge in [0.05, 0.1) is 11.4 Å². The van der Waals surface area contributed by atoms with Crippen molar-refractivity contribution in [2.75, 3.05) is 16.9 Å². The molecule has 20 heavy (non-hydrogen) atoms. The molecule has 0 saturated carbocycles. The Kier molecular flexibility index (Phi) is 2.84. The lowest BCUT2D eigenvalue weighted by Crippen LogP contribution is -2.42. The number of fused-ring (bicyclic) bond motifs is 1. The van der Waals surface area contributed by atoms with E-state index >= 15 is 0 Å². The molecule has 1 N–H and O–H groups in total. The van der Waals surface area contributed by atoms with Crippen molar-refractivity contribution in [1.29, 1.82) is 0 Å². The van der Waals surface area contributed by atoms with Gasteiger partial charge in [0.15, 0.2) is 0 Å². The highest BCUT2D eigenvalue weighted by molar-refractivity contribution is 7.92. The fourth-order valence-electron chi connectivity index (χ4n) is 2.04. The van der Waals surface area contributed by atoms with Crippen LogP contribution < -0.4 is 9.84 Å². The van der Waals surface area contributed by atoms with Crippen LogP contribution in [0, 0.1) is 5.82 Å².